The molecule has 0 aliphatic rings. The maximum absolute atomic E-state index is 15.6. The van der Waals surface area contributed by atoms with E-state index in [0.29, 0.717) is 63.0 Å². The van der Waals surface area contributed by atoms with Crippen molar-refractivity contribution in [3.8, 4) is 96.9 Å². The van der Waals surface area contributed by atoms with Crippen LogP contribution in [0.5, 0.6) is 0 Å². The minimum absolute atomic E-state index is 0.296. The fraction of sp³-hybridized carbons (Fsp3) is 0. The highest BCUT2D eigenvalue weighted by molar-refractivity contribution is 6.12. The van der Waals surface area contributed by atoms with Crippen molar-refractivity contribution in [3.63, 3.8) is 0 Å². The largest absolute Gasteiger partial charge is 0.309 e. The minimum Gasteiger partial charge on any atom is -0.309 e. The SMILES string of the molecule is N#Cc1cc(-n2c3ccccc3c3cc(-c4nc(-c5ccccc5)nc(-c5ccccc5)n4)ccc32)c(-c2cc(F)cc(F)c2)cc1-n1c2ccccc2c2cc(-c3nc(-c4ccccc4)nc(-c4ccccc4)n3)ccc21. The summed E-state index contributed by atoms with van der Waals surface area (Å²) in [6.45, 7) is 0. The molecule has 0 saturated heterocycles. The second-order valence-corrected chi connectivity index (χ2v) is 18.9. The molecule has 0 amide bonds. The van der Waals surface area contributed by atoms with Crippen LogP contribution in [0.1, 0.15) is 5.56 Å². The fourth-order valence-corrected chi connectivity index (χ4v) is 10.6. The Morgan fingerprint density at radius 2 is 0.641 bits per heavy atom. The van der Waals surface area contributed by atoms with Gasteiger partial charge in [-0.1, -0.05) is 158 Å². The van der Waals surface area contributed by atoms with Gasteiger partial charge in [0.05, 0.1) is 39.0 Å². The zero-order chi connectivity index (χ0) is 52.3. The van der Waals surface area contributed by atoms with E-state index in [1.807, 2.05) is 206 Å². The van der Waals surface area contributed by atoms with E-state index in [2.05, 4.69) is 27.3 Å². The number of rotatable bonds is 9. The molecule has 0 N–H and O–H groups in total. The summed E-state index contributed by atoms with van der Waals surface area (Å²) in [5.74, 6) is 1.70. The van der Waals surface area contributed by atoms with Crippen molar-refractivity contribution in [1.82, 2.24) is 39.0 Å². The third kappa shape index (κ3) is 8.00. The molecular formula is C67H39F2N9. The van der Waals surface area contributed by atoms with Gasteiger partial charge in [-0.15, -0.1) is 0 Å². The van der Waals surface area contributed by atoms with Crippen LogP contribution in [0.15, 0.2) is 237 Å². The highest BCUT2D eigenvalue weighted by Crippen LogP contribution is 2.43. The number of hydrogen-bond acceptors (Lipinski definition) is 7. The number of fused-ring (bicyclic) bond motifs is 6. The number of aromatic nitrogens is 8. The number of para-hydroxylation sites is 2. The highest BCUT2D eigenvalue weighted by Gasteiger charge is 2.24. The monoisotopic (exact) mass is 1010 g/mol. The van der Waals surface area contributed by atoms with Crippen molar-refractivity contribution in [2.45, 2.75) is 0 Å². The molecule has 10 aromatic carbocycles. The molecule has 4 aromatic heterocycles. The lowest BCUT2D eigenvalue weighted by molar-refractivity contribution is 0.584. The lowest BCUT2D eigenvalue weighted by Gasteiger charge is -2.19. The highest BCUT2D eigenvalue weighted by atomic mass is 19.1. The van der Waals surface area contributed by atoms with Gasteiger partial charge in [0.25, 0.3) is 0 Å². The van der Waals surface area contributed by atoms with E-state index in [9.17, 15) is 5.26 Å². The molecule has 0 bridgehead atoms. The molecule has 366 valence electrons. The summed E-state index contributed by atoms with van der Waals surface area (Å²) in [4.78, 5) is 29.9. The van der Waals surface area contributed by atoms with Crippen LogP contribution in [0.4, 0.5) is 8.78 Å². The van der Waals surface area contributed by atoms with Gasteiger partial charge in [0.1, 0.15) is 17.7 Å². The number of nitriles is 1. The number of benzene rings is 10. The molecule has 0 unspecified atom stereocenters. The van der Waals surface area contributed by atoms with Crippen molar-refractivity contribution in [2.24, 2.45) is 0 Å². The summed E-state index contributed by atoms with van der Waals surface area (Å²) in [5.41, 5.74) is 10.4. The Balaban J connectivity index is 0.967. The van der Waals surface area contributed by atoms with E-state index in [4.69, 9.17) is 29.9 Å². The minimum atomic E-state index is -0.732. The normalized spacial score (nSPS) is 11.4. The second kappa shape index (κ2) is 18.8. The van der Waals surface area contributed by atoms with Crippen LogP contribution >= 0.6 is 0 Å². The first-order valence-electron chi connectivity index (χ1n) is 25.3. The molecule has 14 aromatic rings. The topological polar surface area (TPSA) is 111 Å². The molecule has 0 spiro atoms. The first-order valence-corrected chi connectivity index (χ1v) is 25.3. The summed E-state index contributed by atoms with van der Waals surface area (Å²) in [6.07, 6.45) is 0. The molecule has 4 heterocycles. The Morgan fingerprint density at radius 1 is 0.295 bits per heavy atom. The Morgan fingerprint density at radius 3 is 1.04 bits per heavy atom. The van der Waals surface area contributed by atoms with Crippen molar-refractivity contribution in [2.75, 3.05) is 0 Å². The maximum Gasteiger partial charge on any atom is 0.164 e. The number of hydrogen-bond donors (Lipinski definition) is 0. The van der Waals surface area contributed by atoms with Crippen LogP contribution in [0.25, 0.3) is 134 Å². The molecular weight excluding hydrogens is 969 g/mol. The van der Waals surface area contributed by atoms with Crippen molar-refractivity contribution in [3.05, 3.63) is 254 Å². The first kappa shape index (κ1) is 45.8. The van der Waals surface area contributed by atoms with Crippen LogP contribution in [0, 0.1) is 23.0 Å². The summed E-state index contributed by atoms with van der Waals surface area (Å²) in [6, 6.07) is 77.2. The molecule has 78 heavy (non-hydrogen) atoms. The standard InChI is InChI=1S/C67H39F2N9/c68-49-33-47(34-50(69)38-49)53-39-60(77-56-27-15-13-25-51(56)54-35-45(29-31-58(54)77)66-73-62(41-17-5-1-6-18-41)71-63(74-66)42-19-7-2-8-20-42)48(40-70)37-61(53)78-57-28-16-14-26-52(57)55-36-46(30-32-59(55)78)67-75-64(43-21-9-3-10-22-43)72-65(76-67)44-23-11-4-12-24-44/h1-39H. The van der Waals surface area contributed by atoms with E-state index >= 15 is 8.78 Å². The van der Waals surface area contributed by atoms with Gasteiger partial charge in [0.15, 0.2) is 34.9 Å². The van der Waals surface area contributed by atoms with Crippen LogP contribution < -0.4 is 0 Å². The van der Waals surface area contributed by atoms with Crippen LogP contribution in [0.3, 0.4) is 0 Å². The van der Waals surface area contributed by atoms with Crippen molar-refractivity contribution < 1.29 is 8.78 Å². The Kier molecular flexibility index (Phi) is 11.0. The molecule has 0 radical (unpaired) electrons. The van der Waals surface area contributed by atoms with E-state index < -0.39 is 11.6 Å². The Bertz CT molecular complexity index is 4570. The molecule has 0 aliphatic carbocycles. The average Bonchev–Trinajstić information content (AvgIpc) is 4.23. The van der Waals surface area contributed by atoms with Gasteiger partial charge in [-0.2, -0.15) is 5.26 Å². The number of nitrogens with zero attached hydrogens (tertiary/aromatic N) is 9. The summed E-state index contributed by atoms with van der Waals surface area (Å²) in [7, 11) is 0. The molecule has 0 aliphatic heterocycles. The first-order chi connectivity index (χ1) is 38.4. The van der Waals surface area contributed by atoms with E-state index in [1.165, 1.54) is 12.1 Å². The molecule has 11 heteroatoms. The zero-order valence-electron chi connectivity index (χ0n) is 41.3. The third-order valence-electron chi connectivity index (χ3n) is 14.2. The lowest BCUT2D eigenvalue weighted by atomic mass is 9.98. The molecule has 0 saturated carbocycles. The summed E-state index contributed by atoms with van der Waals surface area (Å²) >= 11 is 0. The average molecular weight is 1010 g/mol. The van der Waals surface area contributed by atoms with Gasteiger partial charge < -0.3 is 9.13 Å². The van der Waals surface area contributed by atoms with E-state index in [-0.39, 0.29) is 0 Å². The quantitative estimate of drug-likeness (QED) is 0.142. The fourth-order valence-electron chi connectivity index (χ4n) is 10.6. The summed E-state index contributed by atoms with van der Waals surface area (Å²) < 4.78 is 35.3. The third-order valence-corrected chi connectivity index (χ3v) is 14.2. The van der Waals surface area contributed by atoms with Gasteiger partial charge in [-0.25, -0.2) is 38.7 Å². The maximum atomic E-state index is 15.6. The van der Waals surface area contributed by atoms with Crippen molar-refractivity contribution in [1.29, 1.82) is 5.26 Å². The van der Waals surface area contributed by atoms with Gasteiger partial charge in [0.2, 0.25) is 0 Å². The van der Waals surface area contributed by atoms with Gasteiger partial charge in [-0.05, 0) is 78.4 Å². The Labute approximate surface area is 445 Å². The predicted molar refractivity (Wildman–Crippen MR) is 305 cm³/mol. The molecule has 14 rings (SSSR count). The predicted octanol–water partition coefficient (Wildman–Crippen LogP) is 16.1. The zero-order valence-corrected chi connectivity index (χ0v) is 41.3. The lowest BCUT2D eigenvalue weighted by Crippen LogP contribution is -2.04. The van der Waals surface area contributed by atoms with E-state index in [1.54, 1.807) is 0 Å². The van der Waals surface area contributed by atoms with Gasteiger partial charge in [0, 0.05) is 66.6 Å². The Hall–Kier alpha value is -10.8. The molecule has 9 nitrogen and oxygen atoms in total. The number of halogens is 2. The van der Waals surface area contributed by atoms with Gasteiger partial charge in [-0.3, -0.25) is 0 Å². The van der Waals surface area contributed by atoms with Gasteiger partial charge >= 0.3 is 0 Å². The van der Waals surface area contributed by atoms with Crippen LogP contribution in [0.2, 0.25) is 0 Å². The van der Waals surface area contributed by atoms with E-state index in [0.717, 1.165) is 83.1 Å². The smallest absolute Gasteiger partial charge is 0.164 e. The van der Waals surface area contributed by atoms with Crippen LogP contribution in [-0.4, -0.2) is 39.0 Å². The second-order valence-electron chi connectivity index (χ2n) is 18.9. The molecule has 0 atom stereocenters. The summed E-state index contributed by atoms with van der Waals surface area (Å²) in [5, 5.41) is 14.9. The molecule has 0 fully saturated rings. The van der Waals surface area contributed by atoms with Crippen molar-refractivity contribution >= 4 is 43.6 Å². The van der Waals surface area contributed by atoms with Crippen LogP contribution in [-0.2, 0) is 0 Å².